The third kappa shape index (κ3) is 5.65. The molecule has 0 unspecified atom stereocenters. The Hall–Kier alpha value is -2.98. The highest BCUT2D eigenvalue weighted by Gasteiger charge is 2.26. The van der Waals surface area contributed by atoms with Crippen molar-refractivity contribution in [3.05, 3.63) is 83.1 Å². The van der Waals surface area contributed by atoms with Crippen molar-refractivity contribution < 1.29 is 4.79 Å². The van der Waals surface area contributed by atoms with Crippen molar-refractivity contribution in [2.24, 2.45) is 5.92 Å². The zero-order valence-corrected chi connectivity index (χ0v) is 20.7. The van der Waals surface area contributed by atoms with Crippen LogP contribution in [0.2, 0.25) is 0 Å². The maximum Gasteiger partial charge on any atom is 0.192 e. The number of para-hydroxylation sites is 1. The zero-order valence-electron chi connectivity index (χ0n) is 20.7. The summed E-state index contributed by atoms with van der Waals surface area (Å²) in [5.41, 5.74) is 11.7. The van der Waals surface area contributed by atoms with Gasteiger partial charge in [0.25, 0.3) is 0 Å². The minimum absolute atomic E-state index is 0.0873. The number of fused-ring (bicyclic) bond motifs is 2. The molecule has 3 aromatic rings. The highest BCUT2D eigenvalue weighted by Crippen LogP contribution is 2.33. The molecule has 1 aliphatic carbocycles. The van der Waals surface area contributed by atoms with Gasteiger partial charge in [0, 0.05) is 11.9 Å². The van der Waals surface area contributed by atoms with Crippen molar-refractivity contribution in [3.8, 4) is 0 Å². The quantitative estimate of drug-likeness (QED) is 0.295. The highest BCUT2D eigenvalue weighted by atomic mass is 16.1. The molecule has 2 heterocycles. The number of piperidine rings is 1. The first-order chi connectivity index (χ1) is 17.2. The summed E-state index contributed by atoms with van der Waals surface area (Å²) in [6.07, 6.45) is 12.4. The summed E-state index contributed by atoms with van der Waals surface area (Å²) in [6.45, 7) is 3.54. The Labute approximate surface area is 209 Å². The summed E-state index contributed by atoms with van der Waals surface area (Å²) in [4.78, 5) is 20.5. The number of hydrogen-bond donors (Lipinski definition) is 1. The average Bonchev–Trinajstić information content (AvgIpc) is 2.89. The molecule has 2 N–H and O–H groups in total. The van der Waals surface area contributed by atoms with Gasteiger partial charge in [0.15, 0.2) is 5.78 Å². The van der Waals surface area contributed by atoms with E-state index in [-0.39, 0.29) is 5.78 Å². The van der Waals surface area contributed by atoms with E-state index in [0.29, 0.717) is 11.3 Å². The van der Waals surface area contributed by atoms with Crippen LogP contribution in [0.25, 0.3) is 10.9 Å². The van der Waals surface area contributed by atoms with Crippen molar-refractivity contribution in [2.75, 3.05) is 18.8 Å². The maximum absolute atomic E-state index is 13.2. The molecule has 0 radical (unpaired) electrons. The molecule has 0 atom stereocenters. The number of nitrogens with zero attached hydrogens (tertiary/aromatic N) is 2. The van der Waals surface area contributed by atoms with E-state index in [1.54, 1.807) is 0 Å². The number of hydrogen-bond acceptors (Lipinski definition) is 4. The number of Topliss-reactive ketones (excluding diaryl/α,β-unsaturated/α-hetero) is 1. The highest BCUT2D eigenvalue weighted by molar-refractivity contribution is 6.16. The SMILES string of the molecule is Nc1c2c(nc3ccccc13)CCC(=CCCCCCC1CCN(Cc3ccccc3)CC1)C2=O. The molecule has 1 saturated heterocycles. The number of likely N-dealkylation sites (tertiary alicyclic amines) is 1. The lowest BCUT2D eigenvalue weighted by molar-refractivity contribution is 0.102. The predicted molar refractivity (Wildman–Crippen MR) is 144 cm³/mol. The van der Waals surface area contributed by atoms with Gasteiger partial charge in [-0.15, -0.1) is 0 Å². The van der Waals surface area contributed by atoms with Crippen LogP contribution >= 0.6 is 0 Å². The fourth-order valence-corrected chi connectivity index (χ4v) is 5.75. The van der Waals surface area contributed by atoms with E-state index >= 15 is 0 Å². The molecule has 182 valence electrons. The smallest absolute Gasteiger partial charge is 0.192 e. The Morgan fingerprint density at radius 3 is 2.54 bits per heavy atom. The Kier molecular flexibility index (Phi) is 7.58. The monoisotopic (exact) mass is 467 g/mol. The number of aromatic nitrogens is 1. The number of nitrogen functional groups attached to an aromatic ring is 1. The Morgan fingerprint density at radius 2 is 1.71 bits per heavy atom. The van der Waals surface area contributed by atoms with Crippen molar-refractivity contribution in [3.63, 3.8) is 0 Å². The fraction of sp³-hybridized carbons (Fsp3) is 0.419. The molecule has 4 nitrogen and oxygen atoms in total. The van der Waals surface area contributed by atoms with Crippen LogP contribution in [-0.2, 0) is 13.0 Å². The second-order valence-electron chi connectivity index (χ2n) is 10.3. The van der Waals surface area contributed by atoms with Crippen molar-refractivity contribution >= 4 is 22.4 Å². The van der Waals surface area contributed by atoms with E-state index in [1.807, 2.05) is 24.3 Å². The van der Waals surface area contributed by atoms with E-state index in [2.05, 4.69) is 41.3 Å². The van der Waals surface area contributed by atoms with Gasteiger partial charge in [0.05, 0.1) is 22.5 Å². The van der Waals surface area contributed by atoms with Crippen LogP contribution in [0, 0.1) is 5.92 Å². The molecule has 2 aromatic carbocycles. The van der Waals surface area contributed by atoms with Crippen LogP contribution in [0.15, 0.2) is 66.2 Å². The van der Waals surface area contributed by atoms with Gasteiger partial charge in [0.2, 0.25) is 0 Å². The van der Waals surface area contributed by atoms with Crippen molar-refractivity contribution in [2.45, 2.75) is 64.3 Å². The standard InChI is InChI=1S/C31H37N3O/c32-30-26-14-8-9-15-27(26)33-28-17-16-25(31(35)29(28)30)13-7-2-1-4-10-23-18-20-34(21-19-23)22-24-11-5-3-6-12-24/h3,5-6,8-9,11-15,23H,1-2,4,7,10,16-22H2,(H2,32,33). The van der Waals surface area contributed by atoms with E-state index < -0.39 is 0 Å². The third-order valence-electron chi connectivity index (χ3n) is 7.82. The van der Waals surface area contributed by atoms with Crippen LogP contribution in [0.5, 0.6) is 0 Å². The largest absolute Gasteiger partial charge is 0.398 e. The second-order valence-corrected chi connectivity index (χ2v) is 10.3. The summed E-state index contributed by atoms with van der Waals surface area (Å²) in [5.74, 6) is 0.964. The first-order valence-corrected chi connectivity index (χ1v) is 13.4. The van der Waals surface area contributed by atoms with E-state index in [9.17, 15) is 4.79 Å². The summed E-state index contributed by atoms with van der Waals surface area (Å²) in [5, 5.41) is 0.881. The summed E-state index contributed by atoms with van der Waals surface area (Å²) >= 11 is 0. The minimum atomic E-state index is 0.0873. The number of ketones is 1. The van der Waals surface area contributed by atoms with E-state index in [0.717, 1.165) is 60.3 Å². The van der Waals surface area contributed by atoms with Crippen LogP contribution < -0.4 is 5.73 Å². The van der Waals surface area contributed by atoms with Gasteiger partial charge in [-0.25, -0.2) is 0 Å². The molecular formula is C31H37N3O. The van der Waals surface area contributed by atoms with Gasteiger partial charge >= 0.3 is 0 Å². The van der Waals surface area contributed by atoms with Gasteiger partial charge in [0.1, 0.15) is 0 Å². The number of nitrogens with two attached hydrogens (primary N) is 1. The number of allylic oxidation sites excluding steroid dienone is 2. The van der Waals surface area contributed by atoms with E-state index in [1.165, 1.54) is 50.8 Å². The number of pyridine rings is 1. The molecule has 0 bridgehead atoms. The van der Waals surface area contributed by atoms with Crippen LogP contribution in [-0.4, -0.2) is 28.8 Å². The lowest BCUT2D eigenvalue weighted by Gasteiger charge is -2.32. The fourth-order valence-electron chi connectivity index (χ4n) is 5.75. The molecule has 5 rings (SSSR count). The Bertz CT molecular complexity index is 1190. The van der Waals surface area contributed by atoms with Crippen molar-refractivity contribution in [1.82, 2.24) is 9.88 Å². The van der Waals surface area contributed by atoms with E-state index in [4.69, 9.17) is 10.7 Å². The van der Waals surface area contributed by atoms with Gasteiger partial charge < -0.3 is 5.73 Å². The molecule has 0 amide bonds. The predicted octanol–water partition coefficient (Wildman–Crippen LogP) is 6.74. The molecule has 1 aliphatic heterocycles. The molecule has 35 heavy (non-hydrogen) atoms. The minimum Gasteiger partial charge on any atom is -0.398 e. The maximum atomic E-state index is 13.2. The van der Waals surface area contributed by atoms with Crippen LogP contribution in [0.3, 0.4) is 0 Å². The lowest BCUT2D eigenvalue weighted by atomic mass is 9.87. The molecular weight excluding hydrogens is 430 g/mol. The average molecular weight is 468 g/mol. The first-order valence-electron chi connectivity index (χ1n) is 13.4. The summed E-state index contributed by atoms with van der Waals surface area (Å²) in [6, 6.07) is 18.7. The normalized spacial score (nSPS) is 18.3. The van der Waals surface area contributed by atoms with Crippen LogP contribution in [0.4, 0.5) is 5.69 Å². The lowest BCUT2D eigenvalue weighted by Crippen LogP contribution is -2.33. The molecule has 2 aliphatic rings. The number of aryl methyl sites for hydroxylation is 1. The number of unbranched alkanes of at least 4 members (excludes halogenated alkanes) is 3. The number of benzene rings is 2. The third-order valence-corrected chi connectivity index (χ3v) is 7.82. The molecule has 4 heteroatoms. The molecule has 1 fully saturated rings. The molecule has 0 spiro atoms. The first kappa shape index (κ1) is 23.7. The van der Waals surface area contributed by atoms with Gasteiger partial charge in [-0.3, -0.25) is 14.7 Å². The number of carbonyl (C=O) groups excluding carboxylic acids is 1. The summed E-state index contributed by atoms with van der Waals surface area (Å²) < 4.78 is 0. The van der Waals surface area contributed by atoms with Gasteiger partial charge in [-0.1, -0.05) is 73.9 Å². The second kappa shape index (κ2) is 11.2. The number of anilines is 1. The molecule has 1 aromatic heterocycles. The summed E-state index contributed by atoms with van der Waals surface area (Å²) in [7, 11) is 0. The number of rotatable bonds is 8. The van der Waals surface area contributed by atoms with Crippen LogP contribution in [0.1, 0.15) is 73.0 Å². The Morgan fingerprint density at radius 1 is 0.943 bits per heavy atom. The zero-order chi connectivity index (χ0) is 24.0. The van der Waals surface area contributed by atoms with Crippen molar-refractivity contribution in [1.29, 1.82) is 0 Å². The van der Waals surface area contributed by atoms with Gasteiger partial charge in [-0.05, 0) is 74.7 Å². The van der Waals surface area contributed by atoms with Gasteiger partial charge in [-0.2, -0.15) is 0 Å². The Balaban J connectivity index is 1.04. The number of carbonyl (C=O) groups is 1. The topological polar surface area (TPSA) is 59.2 Å². The molecule has 0 saturated carbocycles.